The lowest BCUT2D eigenvalue weighted by Crippen LogP contribution is -2.37. The van der Waals surface area contributed by atoms with E-state index in [9.17, 15) is 4.79 Å². The zero-order valence-corrected chi connectivity index (χ0v) is 12.3. The molecule has 2 unspecified atom stereocenters. The summed E-state index contributed by atoms with van der Waals surface area (Å²) in [7, 11) is 1.85. The number of hydrogen-bond donors (Lipinski definition) is 0. The van der Waals surface area contributed by atoms with E-state index < -0.39 is 0 Å². The molecule has 0 spiro atoms. The van der Waals surface area contributed by atoms with E-state index in [1.54, 1.807) is 10.9 Å². The van der Waals surface area contributed by atoms with Crippen LogP contribution < -0.4 is 0 Å². The highest BCUT2D eigenvalue weighted by atomic mass is 16.2. The minimum absolute atomic E-state index is 0.152. The molecule has 0 aromatic carbocycles. The van der Waals surface area contributed by atoms with E-state index in [4.69, 9.17) is 0 Å². The molecule has 104 valence electrons. The van der Waals surface area contributed by atoms with Gasteiger partial charge in [0.15, 0.2) is 0 Å². The van der Waals surface area contributed by atoms with Gasteiger partial charge in [0.05, 0.1) is 11.8 Å². The van der Waals surface area contributed by atoms with Crippen molar-refractivity contribution in [3.05, 3.63) is 18.0 Å². The van der Waals surface area contributed by atoms with Crippen molar-refractivity contribution in [1.82, 2.24) is 14.7 Å². The zero-order valence-electron chi connectivity index (χ0n) is 12.3. The van der Waals surface area contributed by atoms with E-state index in [1.807, 2.05) is 13.2 Å². The van der Waals surface area contributed by atoms with Gasteiger partial charge in [0.2, 0.25) is 0 Å². The van der Waals surface area contributed by atoms with Gasteiger partial charge in [-0.3, -0.25) is 9.48 Å². The fourth-order valence-electron chi connectivity index (χ4n) is 4.39. The minimum Gasteiger partial charge on any atom is -0.335 e. The summed E-state index contributed by atoms with van der Waals surface area (Å²) >= 11 is 0. The first-order chi connectivity index (χ1) is 8.78. The second-order valence-electron chi connectivity index (χ2n) is 7.55. The SMILES string of the molecule is Cn1cc(C(=O)N2CC3(C)CC2CC(C)(C)C3)cn1. The third-order valence-corrected chi connectivity index (χ3v) is 4.63. The number of likely N-dealkylation sites (tertiary alicyclic amines) is 1. The predicted octanol–water partition coefficient (Wildman–Crippen LogP) is 2.46. The fraction of sp³-hybridized carbons (Fsp3) is 0.733. The van der Waals surface area contributed by atoms with Crippen molar-refractivity contribution in [1.29, 1.82) is 0 Å². The van der Waals surface area contributed by atoms with Crippen LogP contribution in [-0.4, -0.2) is 33.2 Å². The normalized spacial score (nSPS) is 32.6. The topological polar surface area (TPSA) is 38.1 Å². The van der Waals surface area contributed by atoms with Crippen LogP contribution in [0.1, 0.15) is 50.4 Å². The molecule has 2 aliphatic rings. The number of amides is 1. The predicted molar refractivity (Wildman–Crippen MR) is 73.8 cm³/mol. The summed E-state index contributed by atoms with van der Waals surface area (Å²) in [5.41, 5.74) is 1.36. The fourth-order valence-corrected chi connectivity index (χ4v) is 4.39. The van der Waals surface area contributed by atoms with Crippen LogP contribution in [0.25, 0.3) is 0 Å². The molecule has 1 saturated heterocycles. The maximum Gasteiger partial charge on any atom is 0.257 e. The molecule has 3 rings (SSSR count). The molecule has 0 radical (unpaired) electrons. The van der Waals surface area contributed by atoms with Gasteiger partial charge < -0.3 is 4.90 Å². The maximum absolute atomic E-state index is 12.6. The van der Waals surface area contributed by atoms with E-state index in [2.05, 4.69) is 30.8 Å². The Labute approximate surface area is 114 Å². The van der Waals surface area contributed by atoms with Crippen molar-refractivity contribution in [3.63, 3.8) is 0 Å². The largest absolute Gasteiger partial charge is 0.335 e. The van der Waals surface area contributed by atoms with Gasteiger partial charge in [-0.1, -0.05) is 20.8 Å². The number of carbonyl (C=O) groups excluding carboxylic acids is 1. The molecule has 1 amide bonds. The molecular weight excluding hydrogens is 238 g/mol. The molecular formula is C15H23N3O. The monoisotopic (exact) mass is 261 g/mol. The maximum atomic E-state index is 12.6. The molecule has 1 aliphatic carbocycles. The van der Waals surface area contributed by atoms with Gasteiger partial charge in [-0.15, -0.1) is 0 Å². The minimum atomic E-state index is 0.152. The smallest absolute Gasteiger partial charge is 0.257 e. The standard InChI is InChI=1S/C15H23N3O/c1-14(2)5-12-6-15(3,9-14)10-18(12)13(19)11-7-16-17(4)8-11/h7-8,12H,5-6,9-10H2,1-4H3. The molecule has 1 aromatic rings. The second kappa shape index (κ2) is 3.84. The molecule has 1 aliphatic heterocycles. The van der Waals surface area contributed by atoms with Crippen LogP contribution in [0.3, 0.4) is 0 Å². The molecule has 0 N–H and O–H groups in total. The Hall–Kier alpha value is -1.32. The van der Waals surface area contributed by atoms with Crippen molar-refractivity contribution in [2.75, 3.05) is 6.54 Å². The summed E-state index contributed by atoms with van der Waals surface area (Å²) in [4.78, 5) is 14.7. The Kier molecular flexibility index (Phi) is 2.57. The molecule has 4 nitrogen and oxygen atoms in total. The van der Waals surface area contributed by atoms with Crippen LogP contribution in [0.4, 0.5) is 0 Å². The van der Waals surface area contributed by atoms with E-state index in [0.717, 1.165) is 24.9 Å². The van der Waals surface area contributed by atoms with E-state index in [-0.39, 0.29) is 5.91 Å². The molecule has 1 aromatic heterocycles. The zero-order chi connectivity index (χ0) is 13.8. The van der Waals surface area contributed by atoms with Gasteiger partial charge in [-0.25, -0.2) is 0 Å². The van der Waals surface area contributed by atoms with Gasteiger partial charge in [0.25, 0.3) is 5.91 Å². The Balaban J connectivity index is 1.86. The summed E-state index contributed by atoms with van der Waals surface area (Å²) in [5.74, 6) is 0.152. The first kappa shape index (κ1) is 12.7. The molecule has 2 heterocycles. The molecule has 1 saturated carbocycles. The third-order valence-electron chi connectivity index (χ3n) is 4.63. The molecule has 2 fully saturated rings. The van der Waals surface area contributed by atoms with E-state index in [1.165, 1.54) is 6.42 Å². The van der Waals surface area contributed by atoms with Gasteiger partial charge >= 0.3 is 0 Å². The summed E-state index contributed by atoms with van der Waals surface area (Å²) in [6.45, 7) is 7.89. The summed E-state index contributed by atoms with van der Waals surface area (Å²) in [5, 5.41) is 4.11. The Morgan fingerprint density at radius 1 is 1.37 bits per heavy atom. The molecule has 2 atom stereocenters. The number of hydrogen-bond acceptors (Lipinski definition) is 2. The number of carbonyl (C=O) groups is 1. The number of rotatable bonds is 1. The number of aryl methyl sites for hydroxylation is 1. The highest BCUT2D eigenvalue weighted by Crippen LogP contribution is 2.52. The second-order valence-corrected chi connectivity index (χ2v) is 7.55. The summed E-state index contributed by atoms with van der Waals surface area (Å²) in [6, 6.07) is 0.404. The quantitative estimate of drug-likeness (QED) is 0.779. The van der Waals surface area contributed by atoms with Crippen molar-refractivity contribution < 1.29 is 4.79 Å². The van der Waals surface area contributed by atoms with Crippen LogP contribution in [-0.2, 0) is 7.05 Å². The van der Waals surface area contributed by atoms with Crippen LogP contribution >= 0.6 is 0 Å². The molecule has 4 heteroatoms. The highest BCUT2D eigenvalue weighted by Gasteiger charge is 2.51. The molecule has 2 bridgehead atoms. The van der Waals surface area contributed by atoms with E-state index in [0.29, 0.717) is 16.9 Å². The third kappa shape index (κ3) is 2.17. The lowest BCUT2D eigenvalue weighted by atomic mass is 9.65. The van der Waals surface area contributed by atoms with Crippen molar-refractivity contribution in [2.24, 2.45) is 17.9 Å². The Morgan fingerprint density at radius 2 is 2.11 bits per heavy atom. The summed E-state index contributed by atoms with van der Waals surface area (Å²) < 4.78 is 1.70. The van der Waals surface area contributed by atoms with Gasteiger partial charge in [0.1, 0.15) is 0 Å². The lowest BCUT2D eigenvalue weighted by molar-refractivity contribution is 0.0708. The van der Waals surface area contributed by atoms with Gasteiger partial charge in [-0.2, -0.15) is 5.10 Å². The van der Waals surface area contributed by atoms with Crippen molar-refractivity contribution >= 4 is 5.91 Å². The number of aromatic nitrogens is 2. The van der Waals surface area contributed by atoms with Crippen LogP contribution in [0.5, 0.6) is 0 Å². The Bertz CT molecular complexity index is 519. The number of fused-ring (bicyclic) bond motifs is 2. The Morgan fingerprint density at radius 3 is 2.74 bits per heavy atom. The summed E-state index contributed by atoms with van der Waals surface area (Å²) in [6.07, 6.45) is 6.99. The van der Waals surface area contributed by atoms with E-state index >= 15 is 0 Å². The van der Waals surface area contributed by atoms with Crippen LogP contribution in [0, 0.1) is 10.8 Å². The van der Waals surface area contributed by atoms with Crippen molar-refractivity contribution in [2.45, 2.75) is 46.1 Å². The molecule has 19 heavy (non-hydrogen) atoms. The first-order valence-electron chi connectivity index (χ1n) is 7.08. The first-order valence-corrected chi connectivity index (χ1v) is 7.08. The van der Waals surface area contributed by atoms with Crippen LogP contribution in [0.2, 0.25) is 0 Å². The highest BCUT2D eigenvalue weighted by molar-refractivity contribution is 5.94. The average molecular weight is 261 g/mol. The van der Waals surface area contributed by atoms with Gasteiger partial charge in [-0.05, 0) is 30.1 Å². The lowest BCUT2D eigenvalue weighted by Gasteiger charge is -2.39. The number of nitrogens with zero attached hydrogens (tertiary/aromatic N) is 3. The van der Waals surface area contributed by atoms with Crippen molar-refractivity contribution in [3.8, 4) is 0 Å². The average Bonchev–Trinajstić information content (AvgIpc) is 2.78. The van der Waals surface area contributed by atoms with Crippen LogP contribution in [0.15, 0.2) is 12.4 Å². The van der Waals surface area contributed by atoms with Gasteiger partial charge in [0, 0.05) is 25.8 Å².